The van der Waals surface area contributed by atoms with Gasteiger partial charge in [0, 0.05) is 33.2 Å². The lowest BCUT2D eigenvalue weighted by molar-refractivity contribution is 0.398. The number of unbranched alkanes of at least 4 members (excludes halogenated alkanes) is 10. The number of hydrogen-bond acceptors (Lipinski definition) is 2. The second kappa shape index (κ2) is 20.5. The van der Waals surface area contributed by atoms with Crippen LogP contribution in [0.5, 0.6) is 0 Å². The molecule has 0 aliphatic heterocycles. The number of rotatable bonds is 20. The van der Waals surface area contributed by atoms with E-state index in [1.54, 1.807) is 5.56 Å². The smallest absolute Gasteiger partial charge is 0.135 e. The van der Waals surface area contributed by atoms with E-state index in [1.165, 1.54) is 146 Å². The number of benzene rings is 8. The van der Waals surface area contributed by atoms with E-state index in [0.717, 1.165) is 33.3 Å². The molecule has 0 fully saturated rings. The highest BCUT2D eigenvalue weighted by Gasteiger charge is 2.42. The summed E-state index contributed by atoms with van der Waals surface area (Å²) in [5.74, 6) is 0. The number of fused-ring (bicyclic) bond motifs is 6. The molecule has 0 unspecified atom stereocenters. The summed E-state index contributed by atoms with van der Waals surface area (Å²) in [5, 5.41) is 2.31. The molecule has 0 bridgehead atoms. The normalized spacial score (nSPS) is 12.7. The molecule has 8 aromatic carbocycles. The van der Waals surface area contributed by atoms with Crippen LogP contribution in [0.15, 0.2) is 192 Å². The predicted octanol–water partition coefficient (Wildman–Crippen LogP) is 19.8. The molecular weight excluding hydrogens is 811 g/mol. The maximum Gasteiger partial charge on any atom is 0.135 e. The van der Waals surface area contributed by atoms with Crippen LogP contribution < -0.4 is 4.90 Å². The van der Waals surface area contributed by atoms with Gasteiger partial charge in [-0.2, -0.15) is 0 Å². The fraction of sp³-hybridized carbons (Fsp3) is 0.262. The van der Waals surface area contributed by atoms with Crippen molar-refractivity contribution in [2.24, 2.45) is 0 Å². The summed E-state index contributed by atoms with van der Waals surface area (Å²) >= 11 is 0. The summed E-state index contributed by atoms with van der Waals surface area (Å²) in [6.07, 6.45) is 18.2. The zero-order valence-electron chi connectivity index (χ0n) is 39.7. The largest absolute Gasteiger partial charge is 0.456 e. The van der Waals surface area contributed by atoms with Gasteiger partial charge in [0.25, 0.3) is 0 Å². The first-order chi connectivity index (χ1) is 33.1. The van der Waals surface area contributed by atoms with Gasteiger partial charge in [-0.3, -0.25) is 0 Å². The topological polar surface area (TPSA) is 16.4 Å². The summed E-state index contributed by atoms with van der Waals surface area (Å²) in [5.41, 5.74) is 18.6. The molecule has 67 heavy (non-hydrogen) atoms. The lowest BCUT2D eigenvalue weighted by atomic mass is 9.70. The molecular formula is C65H65NO. The van der Waals surface area contributed by atoms with Crippen LogP contribution in [-0.4, -0.2) is 0 Å². The first-order valence-electron chi connectivity index (χ1n) is 25.5. The Hall–Kier alpha value is -6.64. The summed E-state index contributed by atoms with van der Waals surface area (Å²) in [6, 6.07) is 69.8. The first kappa shape index (κ1) is 44.2. The van der Waals surface area contributed by atoms with Gasteiger partial charge in [-0.25, -0.2) is 0 Å². The second-order valence-electron chi connectivity index (χ2n) is 19.1. The van der Waals surface area contributed by atoms with Crippen LogP contribution in [0.4, 0.5) is 17.1 Å². The van der Waals surface area contributed by atoms with E-state index in [9.17, 15) is 0 Å². The van der Waals surface area contributed by atoms with Crippen LogP contribution in [0.25, 0.3) is 66.4 Å². The SMILES string of the molecule is CCCCCCCCC1(CCCCCCCC)c2ccccc2-c2ccc(N(c3ccc(-c4ccccc4)cc3)c3ccc(-c4ccc(-c5ccc6oc7ccccc7c6c5)cc4)cc3)cc21. The zero-order chi connectivity index (χ0) is 45.4. The Labute approximate surface area is 399 Å². The fourth-order valence-electron chi connectivity index (χ4n) is 11.1. The molecule has 10 rings (SSSR count). The molecule has 9 aromatic rings. The highest BCUT2D eigenvalue weighted by molar-refractivity contribution is 6.06. The van der Waals surface area contributed by atoms with Crippen LogP contribution in [-0.2, 0) is 5.41 Å². The summed E-state index contributed by atoms with van der Waals surface area (Å²) in [6.45, 7) is 4.64. The van der Waals surface area contributed by atoms with Gasteiger partial charge >= 0.3 is 0 Å². The van der Waals surface area contributed by atoms with Crippen molar-refractivity contribution in [1.82, 2.24) is 0 Å². The van der Waals surface area contributed by atoms with Crippen LogP contribution in [0.2, 0.25) is 0 Å². The van der Waals surface area contributed by atoms with Crippen molar-refractivity contribution in [3.63, 3.8) is 0 Å². The van der Waals surface area contributed by atoms with E-state index in [2.05, 4.69) is 195 Å². The van der Waals surface area contributed by atoms with Crippen molar-refractivity contribution in [3.8, 4) is 44.5 Å². The lowest BCUT2D eigenvalue weighted by Crippen LogP contribution is -2.26. The number of para-hydroxylation sites is 1. The molecule has 2 heteroatoms. The second-order valence-corrected chi connectivity index (χ2v) is 19.1. The van der Waals surface area contributed by atoms with Crippen LogP contribution >= 0.6 is 0 Å². The first-order valence-corrected chi connectivity index (χ1v) is 25.5. The maximum absolute atomic E-state index is 6.12. The third kappa shape index (κ3) is 9.24. The molecule has 1 aromatic heterocycles. The van der Waals surface area contributed by atoms with Gasteiger partial charge in [0.1, 0.15) is 11.2 Å². The van der Waals surface area contributed by atoms with E-state index in [4.69, 9.17) is 4.42 Å². The van der Waals surface area contributed by atoms with Crippen molar-refractivity contribution >= 4 is 39.0 Å². The number of anilines is 3. The molecule has 1 heterocycles. The van der Waals surface area contributed by atoms with E-state index in [-0.39, 0.29) is 5.41 Å². The molecule has 0 radical (unpaired) electrons. The van der Waals surface area contributed by atoms with Gasteiger partial charge < -0.3 is 9.32 Å². The average Bonchev–Trinajstić information content (AvgIpc) is 3.89. The van der Waals surface area contributed by atoms with Crippen LogP contribution in [0.1, 0.15) is 115 Å². The van der Waals surface area contributed by atoms with E-state index >= 15 is 0 Å². The van der Waals surface area contributed by atoms with E-state index in [0.29, 0.717) is 0 Å². The van der Waals surface area contributed by atoms with Crippen LogP contribution in [0.3, 0.4) is 0 Å². The zero-order valence-corrected chi connectivity index (χ0v) is 39.7. The molecule has 0 amide bonds. The minimum atomic E-state index is 0.00830. The Kier molecular flexibility index (Phi) is 13.5. The average molecular weight is 876 g/mol. The summed E-state index contributed by atoms with van der Waals surface area (Å²) in [7, 11) is 0. The summed E-state index contributed by atoms with van der Waals surface area (Å²) < 4.78 is 6.12. The molecule has 1 aliphatic carbocycles. The number of nitrogens with zero attached hydrogens (tertiary/aromatic N) is 1. The molecule has 336 valence electrons. The van der Waals surface area contributed by atoms with E-state index < -0.39 is 0 Å². The van der Waals surface area contributed by atoms with Crippen molar-refractivity contribution in [2.45, 2.75) is 109 Å². The monoisotopic (exact) mass is 876 g/mol. The van der Waals surface area contributed by atoms with Crippen molar-refractivity contribution in [3.05, 3.63) is 199 Å². The molecule has 0 N–H and O–H groups in total. The molecule has 0 spiro atoms. The van der Waals surface area contributed by atoms with Crippen LogP contribution in [0, 0.1) is 0 Å². The Morgan fingerprint density at radius 3 is 1.45 bits per heavy atom. The van der Waals surface area contributed by atoms with Gasteiger partial charge in [-0.15, -0.1) is 0 Å². The van der Waals surface area contributed by atoms with E-state index in [1.807, 2.05) is 12.1 Å². The number of hydrogen-bond donors (Lipinski definition) is 0. The Balaban J connectivity index is 0.998. The Morgan fingerprint density at radius 1 is 0.343 bits per heavy atom. The molecule has 0 saturated heterocycles. The van der Waals surface area contributed by atoms with Gasteiger partial charge in [0.2, 0.25) is 0 Å². The van der Waals surface area contributed by atoms with Crippen molar-refractivity contribution in [2.75, 3.05) is 4.90 Å². The van der Waals surface area contributed by atoms with Crippen molar-refractivity contribution < 1.29 is 4.42 Å². The summed E-state index contributed by atoms with van der Waals surface area (Å²) in [4.78, 5) is 2.49. The molecule has 2 nitrogen and oxygen atoms in total. The van der Waals surface area contributed by atoms with Gasteiger partial charge in [0.15, 0.2) is 0 Å². The standard InChI is InChI=1S/C65H65NO/c1-3-5-7-9-11-20-44-65(45-21-12-10-8-6-4-2)61-26-18-16-24-57(61)58-42-41-56(47-62(58)65)66(54-37-32-50(33-38-54)48-22-14-13-15-23-48)55-39-34-51(35-40-55)49-28-30-52(31-29-49)53-36-43-64-60(46-53)59-25-17-19-27-63(59)67-64/h13-19,22-43,46-47H,3-12,20-21,44-45H2,1-2H3. The Morgan fingerprint density at radius 2 is 0.806 bits per heavy atom. The molecule has 1 aliphatic rings. The third-order valence-corrected chi connectivity index (χ3v) is 14.7. The third-order valence-electron chi connectivity index (χ3n) is 14.7. The quantitative estimate of drug-likeness (QED) is 0.0710. The highest BCUT2D eigenvalue weighted by Crippen LogP contribution is 2.55. The maximum atomic E-state index is 6.12. The number of furan rings is 1. The fourth-order valence-corrected chi connectivity index (χ4v) is 11.1. The minimum Gasteiger partial charge on any atom is -0.456 e. The highest BCUT2D eigenvalue weighted by atomic mass is 16.3. The predicted molar refractivity (Wildman–Crippen MR) is 287 cm³/mol. The van der Waals surface area contributed by atoms with Gasteiger partial charge in [-0.1, -0.05) is 224 Å². The minimum absolute atomic E-state index is 0.00830. The van der Waals surface area contributed by atoms with Gasteiger partial charge in [-0.05, 0) is 123 Å². The van der Waals surface area contributed by atoms with Gasteiger partial charge in [0.05, 0.1) is 0 Å². The Bertz CT molecular complexity index is 3010. The van der Waals surface area contributed by atoms with Crippen molar-refractivity contribution in [1.29, 1.82) is 0 Å². The molecule has 0 saturated carbocycles. The molecule has 0 atom stereocenters. The lowest BCUT2D eigenvalue weighted by Gasteiger charge is -2.34.